The van der Waals surface area contributed by atoms with Crippen LogP contribution in [0.2, 0.25) is 0 Å². The number of hydrogen-bond donors (Lipinski definition) is 2. The molecular weight excluding hydrogens is 364 g/mol. The fourth-order valence-electron chi connectivity index (χ4n) is 3.51. The topological polar surface area (TPSA) is 58.1 Å². The van der Waals surface area contributed by atoms with Gasteiger partial charge in [0.05, 0.1) is 26.4 Å². The molecule has 0 aromatic heterocycles. The van der Waals surface area contributed by atoms with Gasteiger partial charge >= 0.3 is 0 Å². The second-order valence-electron chi connectivity index (χ2n) is 7.81. The summed E-state index contributed by atoms with van der Waals surface area (Å²) in [4.78, 5) is 7.36. The van der Waals surface area contributed by atoms with E-state index < -0.39 is 0 Å². The van der Waals surface area contributed by atoms with E-state index in [1.807, 2.05) is 6.92 Å². The van der Waals surface area contributed by atoms with Crippen molar-refractivity contribution in [2.75, 3.05) is 39.5 Å². The van der Waals surface area contributed by atoms with Crippen LogP contribution in [0.25, 0.3) is 0 Å². The molecule has 6 nitrogen and oxygen atoms in total. The maximum Gasteiger partial charge on any atom is 0.191 e. The molecule has 6 heteroatoms. The summed E-state index contributed by atoms with van der Waals surface area (Å²) in [5.41, 5.74) is 2.37. The van der Waals surface area contributed by atoms with Crippen molar-refractivity contribution < 1.29 is 9.47 Å². The van der Waals surface area contributed by atoms with E-state index in [0.717, 1.165) is 45.0 Å². The summed E-state index contributed by atoms with van der Waals surface area (Å²) in [6.45, 7) is 15.1. The van der Waals surface area contributed by atoms with Gasteiger partial charge in [-0.3, -0.25) is 0 Å². The van der Waals surface area contributed by atoms with Crippen LogP contribution in [0.15, 0.2) is 29.3 Å². The molecule has 0 aliphatic carbocycles. The second kappa shape index (κ2) is 13.6. The number of likely N-dealkylation sites (tertiary alicyclic amines) is 1. The molecule has 0 spiro atoms. The molecule has 0 unspecified atom stereocenters. The molecule has 0 amide bonds. The third kappa shape index (κ3) is 9.15. The fourth-order valence-corrected chi connectivity index (χ4v) is 3.51. The summed E-state index contributed by atoms with van der Waals surface area (Å²) in [6, 6.07) is 9.60. The van der Waals surface area contributed by atoms with E-state index in [2.05, 4.69) is 60.6 Å². The van der Waals surface area contributed by atoms with Gasteiger partial charge in [-0.1, -0.05) is 24.3 Å². The molecule has 2 rings (SSSR count). The lowest BCUT2D eigenvalue weighted by atomic mass is 10.0. The maximum absolute atomic E-state index is 5.68. The van der Waals surface area contributed by atoms with Crippen molar-refractivity contribution in [3.63, 3.8) is 0 Å². The van der Waals surface area contributed by atoms with E-state index in [1.54, 1.807) is 0 Å². The lowest BCUT2D eigenvalue weighted by molar-refractivity contribution is 0.0453. The Labute approximate surface area is 177 Å². The zero-order valence-electron chi connectivity index (χ0n) is 18.7. The van der Waals surface area contributed by atoms with Gasteiger partial charge in [-0.2, -0.15) is 0 Å². The first-order valence-electron chi connectivity index (χ1n) is 11.1. The first-order chi connectivity index (χ1) is 14.1. The molecule has 0 bridgehead atoms. The highest BCUT2D eigenvalue weighted by molar-refractivity contribution is 5.80. The zero-order valence-corrected chi connectivity index (χ0v) is 18.7. The fraction of sp³-hybridized carbons (Fsp3) is 0.696. The van der Waals surface area contributed by atoms with Crippen LogP contribution < -0.4 is 10.6 Å². The van der Waals surface area contributed by atoms with Crippen molar-refractivity contribution in [2.45, 2.75) is 65.8 Å². The molecule has 1 heterocycles. The Morgan fingerprint density at radius 2 is 1.86 bits per heavy atom. The normalized spacial score (nSPS) is 16.4. The van der Waals surface area contributed by atoms with E-state index in [9.17, 15) is 0 Å². The van der Waals surface area contributed by atoms with Crippen LogP contribution >= 0.6 is 0 Å². The van der Waals surface area contributed by atoms with Crippen molar-refractivity contribution >= 4 is 5.96 Å². The number of nitrogens with zero attached hydrogens (tertiary/aromatic N) is 2. The minimum Gasteiger partial charge on any atom is -0.379 e. The molecule has 0 saturated carbocycles. The number of benzene rings is 1. The molecule has 1 aromatic rings. The molecule has 164 valence electrons. The van der Waals surface area contributed by atoms with Gasteiger partial charge in [0.1, 0.15) is 0 Å². The predicted molar refractivity (Wildman–Crippen MR) is 120 cm³/mol. The lowest BCUT2D eigenvalue weighted by Gasteiger charge is -2.35. The number of ether oxygens (including phenoxy) is 2. The Balaban J connectivity index is 1.84. The van der Waals surface area contributed by atoms with Crippen molar-refractivity contribution in [3.05, 3.63) is 35.4 Å². The Kier molecular flexibility index (Phi) is 11.1. The van der Waals surface area contributed by atoms with Gasteiger partial charge in [0, 0.05) is 38.3 Å². The Morgan fingerprint density at radius 3 is 2.55 bits per heavy atom. The molecular formula is C23H40N4O2. The highest BCUT2D eigenvalue weighted by atomic mass is 16.5. The first-order valence-corrected chi connectivity index (χ1v) is 11.1. The van der Waals surface area contributed by atoms with Gasteiger partial charge in [0.25, 0.3) is 0 Å². The van der Waals surface area contributed by atoms with Gasteiger partial charge < -0.3 is 25.0 Å². The average Bonchev–Trinajstić information content (AvgIpc) is 2.73. The second-order valence-corrected chi connectivity index (χ2v) is 7.81. The van der Waals surface area contributed by atoms with Crippen LogP contribution in [-0.4, -0.2) is 62.4 Å². The summed E-state index contributed by atoms with van der Waals surface area (Å²) in [7, 11) is 0. The largest absolute Gasteiger partial charge is 0.379 e. The number of aliphatic imine (C=N–C) groups is 1. The lowest BCUT2D eigenvalue weighted by Crippen LogP contribution is -2.49. The van der Waals surface area contributed by atoms with Crippen LogP contribution in [-0.2, 0) is 22.6 Å². The number of guanidine groups is 1. The van der Waals surface area contributed by atoms with E-state index in [-0.39, 0.29) is 0 Å². The molecule has 0 radical (unpaired) electrons. The number of piperidine rings is 1. The van der Waals surface area contributed by atoms with Crippen LogP contribution in [0.4, 0.5) is 0 Å². The van der Waals surface area contributed by atoms with Crippen LogP contribution in [0.1, 0.15) is 51.7 Å². The SMILES string of the molecule is CCNC(=NCc1cccc(COCCOCC)c1)NC1CCN(C(C)C)CC1. The summed E-state index contributed by atoms with van der Waals surface area (Å²) in [6.07, 6.45) is 2.33. The van der Waals surface area contributed by atoms with Crippen molar-refractivity contribution in [3.8, 4) is 0 Å². The molecule has 1 saturated heterocycles. The Bertz CT molecular complexity index is 598. The van der Waals surface area contributed by atoms with Crippen molar-refractivity contribution in [1.82, 2.24) is 15.5 Å². The number of rotatable bonds is 11. The van der Waals surface area contributed by atoms with Gasteiger partial charge in [0.2, 0.25) is 0 Å². The highest BCUT2D eigenvalue weighted by Gasteiger charge is 2.21. The minimum atomic E-state index is 0.493. The van der Waals surface area contributed by atoms with E-state index in [1.165, 1.54) is 11.1 Å². The summed E-state index contributed by atoms with van der Waals surface area (Å²) in [5, 5.41) is 7.02. The molecule has 2 N–H and O–H groups in total. The molecule has 1 fully saturated rings. The van der Waals surface area contributed by atoms with E-state index in [4.69, 9.17) is 14.5 Å². The smallest absolute Gasteiger partial charge is 0.191 e. The van der Waals surface area contributed by atoms with E-state index >= 15 is 0 Å². The van der Waals surface area contributed by atoms with Crippen molar-refractivity contribution in [2.24, 2.45) is 4.99 Å². The van der Waals surface area contributed by atoms with Crippen LogP contribution in [0.5, 0.6) is 0 Å². The average molecular weight is 405 g/mol. The number of hydrogen-bond acceptors (Lipinski definition) is 4. The van der Waals surface area contributed by atoms with Crippen molar-refractivity contribution in [1.29, 1.82) is 0 Å². The van der Waals surface area contributed by atoms with E-state index in [0.29, 0.717) is 38.4 Å². The van der Waals surface area contributed by atoms with Gasteiger partial charge in [-0.05, 0) is 51.7 Å². The van der Waals surface area contributed by atoms with Gasteiger partial charge in [-0.25, -0.2) is 4.99 Å². The Hall–Kier alpha value is -1.63. The van der Waals surface area contributed by atoms with Gasteiger partial charge in [-0.15, -0.1) is 0 Å². The predicted octanol–water partition coefficient (Wildman–Crippen LogP) is 3.17. The quantitative estimate of drug-likeness (QED) is 0.337. The summed E-state index contributed by atoms with van der Waals surface area (Å²) in [5.74, 6) is 0.911. The molecule has 1 aliphatic heterocycles. The monoisotopic (exact) mass is 404 g/mol. The third-order valence-corrected chi connectivity index (χ3v) is 5.20. The summed E-state index contributed by atoms with van der Waals surface area (Å²) < 4.78 is 11.0. The number of nitrogens with one attached hydrogen (secondary N) is 2. The zero-order chi connectivity index (χ0) is 20.9. The van der Waals surface area contributed by atoms with Crippen LogP contribution in [0.3, 0.4) is 0 Å². The maximum atomic E-state index is 5.68. The molecule has 0 atom stereocenters. The minimum absolute atomic E-state index is 0.493. The highest BCUT2D eigenvalue weighted by Crippen LogP contribution is 2.13. The van der Waals surface area contributed by atoms with Crippen LogP contribution in [0, 0.1) is 0 Å². The first kappa shape index (κ1) is 23.6. The molecule has 1 aliphatic rings. The standard InChI is InChI=1S/C23H40N4O2/c1-5-24-23(26-22-10-12-27(13-11-22)19(3)4)25-17-20-8-7-9-21(16-20)18-29-15-14-28-6-2/h7-9,16,19,22H,5-6,10-15,17-18H2,1-4H3,(H2,24,25,26). The third-order valence-electron chi connectivity index (χ3n) is 5.20. The Morgan fingerprint density at radius 1 is 1.14 bits per heavy atom. The molecule has 1 aromatic carbocycles. The summed E-state index contributed by atoms with van der Waals surface area (Å²) >= 11 is 0. The molecule has 29 heavy (non-hydrogen) atoms. The van der Waals surface area contributed by atoms with Gasteiger partial charge in [0.15, 0.2) is 5.96 Å².